The monoisotopic (exact) mass is 474 g/mol. The summed E-state index contributed by atoms with van der Waals surface area (Å²) in [5.74, 6) is -0.0935. The number of hydrogen-bond donors (Lipinski definition) is 1. The Kier molecular flexibility index (Phi) is 4.77. The van der Waals surface area contributed by atoms with E-state index in [2.05, 4.69) is 9.97 Å². The molecule has 1 aliphatic heterocycles. The molecule has 2 aliphatic rings. The Morgan fingerprint density at radius 2 is 1.80 bits per heavy atom. The quantitative estimate of drug-likeness (QED) is 0.452. The third kappa shape index (κ3) is 3.41. The number of carbonyl (C=O) groups excluding carboxylic acids is 1. The maximum atomic E-state index is 15.4. The van der Waals surface area contributed by atoms with Gasteiger partial charge in [0.05, 0.1) is 18.0 Å². The molecule has 2 aromatic heterocycles. The van der Waals surface area contributed by atoms with Crippen LogP contribution in [-0.2, 0) is 7.05 Å². The average Bonchev–Trinajstić information content (AvgIpc) is 3.58. The fourth-order valence-corrected chi connectivity index (χ4v) is 5.04. The molecule has 1 saturated carbocycles. The van der Waals surface area contributed by atoms with E-state index in [-0.39, 0.29) is 24.2 Å². The smallest absolute Gasteiger partial charge is 0.324 e. The van der Waals surface area contributed by atoms with Crippen LogP contribution in [0.1, 0.15) is 35.9 Å². The van der Waals surface area contributed by atoms with Crippen molar-refractivity contribution in [3.05, 3.63) is 71.7 Å². The number of hydrogen-bond acceptors (Lipinski definition) is 4. The van der Waals surface area contributed by atoms with Gasteiger partial charge in [0, 0.05) is 42.7 Å². The normalized spacial score (nSPS) is 18.2. The number of amides is 2. The van der Waals surface area contributed by atoms with Crippen LogP contribution in [0.3, 0.4) is 0 Å². The predicted molar refractivity (Wildman–Crippen MR) is 130 cm³/mol. The second-order valence-corrected chi connectivity index (χ2v) is 9.35. The minimum absolute atomic E-state index is 0.230. The maximum Gasteiger partial charge on any atom is 0.324 e. The lowest BCUT2D eigenvalue weighted by Gasteiger charge is -2.19. The number of nitrogens with zero attached hydrogens (tertiary/aromatic N) is 5. The van der Waals surface area contributed by atoms with Crippen molar-refractivity contribution >= 4 is 28.6 Å². The first-order valence-electron chi connectivity index (χ1n) is 11.5. The molecule has 178 valence electrons. The van der Waals surface area contributed by atoms with Crippen LogP contribution in [-0.4, -0.2) is 39.1 Å². The number of rotatable bonds is 4. The van der Waals surface area contributed by atoms with Gasteiger partial charge < -0.3 is 15.2 Å². The molecule has 1 atom stereocenters. The lowest BCUT2D eigenvalue weighted by molar-refractivity contribution is 0.218. The second kappa shape index (κ2) is 7.76. The van der Waals surface area contributed by atoms with Crippen molar-refractivity contribution in [2.45, 2.75) is 24.8 Å². The zero-order chi connectivity index (χ0) is 24.4. The van der Waals surface area contributed by atoms with Gasteiger partial charge in [-0.15, -0.1) is 0 Å². The molecule has 1 unspecified atom stereocenters. The second-order valence-electron chi connectivity index (χ2n) is 9.35. The number of benzene rings is 2. The molecule has 3 heterocycles. The Morgan fingerprint density at radius 1 is 1.00 bits per heavy atom. The van der Waals surface area contributed by atoms with Crippen LogP contribution in [0.2, 0.25) is 0 Å². The number of halogens is 2. The lowest BCUT2D eigenvalue weighted by Crippen LogP contribution is -2.29. The van der Waals surface area contributed by atoms with Gasteiger partial charge >= 0.3 is 6.03 Å². The van der Waals surface area contributed by atoms with Gasteiger partial charge in [-0.2, -0.15) is 0 Å². The van der Waals surface area contributed by atoms with Gasteiger partial charge in [-0.3, -0.25) is 4.90 Å². The largest absolute Gasteiger partial charge is 0.383 e. The summed E-state index contributed by atoms with van der Waals surface area (Å²) in [7, 11) is 3.46. The highest BCUT2D eigenvalue weighted by Crippen LogP contribution is 2.42. The van der Waals surface area contributed by atoms with Crippen molar-refractivity contribution in [3.8, 4) is 11.1 Å². The molecule has 9 heteroatoms. The predicted octanol–water partition coefficient (Wildman–Crippen LogP) is 4.99. The van der Waals surface area contributed by atoms with E-state index in [1.807, 2.05) is 12.1 Å². The number of aryl methyl sites for hydroxylation is 1. The molecule has 6 rings (SSSR count). The molecule has 0 bridgehead atoms. The highest BCUT2D eigenvalue weighted by Gasteiger charge is 2.38. The van der Waals surface area contributed by atoms with Crippen molar-refractivity contribution < 1.29 is 13.6 Å². The molecular weight excluding hydrogens is 450 g/mol. The SMILES string of the molecule is CN1C(=O)N(c2ccc(-c3cn(C)c4ncnc(N)c34)c(F)c2)CC1c1cc(C2CC2)ccc1F. The summed E-state index contributed by atoms with van der Waals surface area (Å²) in [6, 6.07) is 9.08. The Morgan fingerprint density at radius 3 is 2.54 bits per heavy atom. The molecule has 2 fully saturated rings. The van der Waals surface area contributed by atoms with E-state index >= 15 is 4.39 Å². The molecule has 7 nitrogen and oxygen atoms in total. The summed E-state index contributed by atoms with van der Waals surface area (Å²) in [6.45, 7) is 0.230. The topological polar surface area (TPSA) is 80.3 Å². The van der Waals surface area contributed by atoms with Gasteiger partial charge in [-0.25, -0.2) is 23.5 Å². The number of likely N-dealkylation sites (N-methyl/N-ethyl adjacent to an activating group) is 1. The van der Waals surface area contributed by atoms with E-state index in [4.69, 9.17) is 5.73 Å². The first kappa shape index (κ1) is 21.5. The zero-order valence-electron chi connectivity index (χ0n) is 19.4. The molecule has 1 aliphatic carbocycles. The van der Waals surface area contributed by atoms with Gasteiger partial charge in [-0.05, 0) is 48.6 Å². The van der Waals surface area contributed by atoms with Crippen molar-refractivity contribution in [1.29, 1.82) is 0 Å². The molecule has 2 amide bonds. The number of nitrogen functional groups attached to an aromatic ring is 1. The van der Waals surface area contributed by atoms with Crippen molar-refractivity contribution in [3.63, 3.8) is 0 Å². The molecule has 35 heavy (non-hydrogen) atoms. The van der Waals surface area contributed by atoms with Gasteiger partial charge in [-0.1, -0.05) is 12.1 Å². The summed E-state index contributed by atoms with van der Waals surface area (Å²) < 4.78 is 31.9. The Balaban J connectivity index is 1.34. The van der Waals surface area contributed by atoms with Crippen LogP contribution in [0.5, 0.6) is 0 Å². The maximum absolute atomic E-state index is 15.4. The van der Waals surface area contributed by atoms with E-state index in [1.54, 1.807) is 37.0 Å². The highest BCUT2D eigenvalue weighted by molar-refractivity contribution is 6.01. The zero-order valence-corrected chi connectivity index (χ0v) is 19.4. The number of fused-ring (bicyclic) bond motifs is 1. The summed E-state index contributed by atoms with van der Waals surface area (Å²) in [4.78, 5) is 24.4. The molecule has 1 saturated heterocycles. The third-order valence-electron chi connectivity index (χ3n) is 7.12. The van der Waals surface area contributed by atoms with Crippen LogP contribution in [0.15, 0.2) is 48.9 Å². The third-order valence-corrected chi connectivity index (χ3v) is 7.12. The van der Waals surface area contributed by atoms with Crippen LogP contribution in [0, 0.1) is 11.6 Å². The number of carbonyl (C=O) groups is 1. The lowest BCUT2D eigenvalue weighted by atomic mass is 10.0. The van der Waals surface area contributed by atoms with Gasteiger partial charge in [0.25, 0.3) is 0 Å². The van der Waals surface area contributed by atoms with E-state index in [0.29, 0.717) is 39.3 Å². The Labute approximate surface area is 200 Å². The van der Waals surface area contributed by atoms with Crippen LogP contribution in [0.4, 0.5) is 25.1 Å². The minimum atomic E-state index is -0.501. The van der Waals surface area contributed by atoms with Crippen molar-refractivity contribution in [2.75, 3.05) is 24.2 Å². The minimum Gasteiger partial charge on any atom is -0.383 e. The Bertz CT molecular complexity index is 1490. The van der Waals surface area contributed by atoms with E-state index < -0.39 is 11.9 Å². The van der Waals surface area contributed by atoms with E-state index in [1.165, 1.54) is 28.3 Å². The molecule has 0 radical (unpaired) electrons. The summed E-state index contributed by atoms with van der Waals surface area (Å²) in [6.07, 6.45) is 5.34. The Hall–Kier alpha value is -4.01. The molecule has 4 aromatic rings. The van der Waals surface area contributed by atoms with Crippen LogP contribution >= 0.6 is 0 Å². The average molecular weight is 475 g/mol. The molecule has 2 N–H and O–H groups in total. The standard InChI is InChI=1S/C26H24F2N6O/c1-32-11-19(23-24(29)30-13-31-25(23)32)17-7-6-16(10-21(17)28)34-12-22(33(2)26(34)35)18-9-15(14-3-4-14)5-8-20(18)27/h5-11,13-14,22H,3-4,12H2,1-2H3,(H2,29,30,31). The molecular formula is C26H24F2N6O. The first-order valence-corrected chi connectivity index (χ1v) is 11.5. The molecule has 0 spiro atoms. The van der Waals surface area contributed by atoms with Crippen molar-refractivity contribution in [2.24, 2.45) is 7.05 Å². The number of nitrogens with two attached hydrogens (primary N) is 1. The summed E-state index contributed by atoms with van der Waals surface area (Å²) in [5, 5.41) is 0.574. The van der Waals surface area contributed by atoms with Crippen LogP contribution < -0.4 is 10.6 Å². The fourth-order valence-electron chi connectivity index (χ4n) is 5.04. The van der Waals surface area contributed by atoms with Gasteiger partial charge in [0.15, 0.2) is 0 Å². The summed E-state index contributed by atoms with van der Waals surface area (Å²) in [5.41, 5.74) is 9.59. The van der Waals surface area contributed by atoms with Crippen molar-refractivity contribution in [1.82, 2.24) is 19.4 Å². The van der Waals surface area contributed by atoms with E-state index in [0.717, 1.165) is 18.4 Å². The van der Waals surface area contributed by atoms with Crippen LogP contribution in [0.25, 0.3) is 22.2 Å². The van der Waals surface area contributed by atoms with E-state index in [9.17, 15) is 9.18 Å². The van der Waals surface area contributed by atoms with Gasteiger partial charge in [0.1, 0.15) is 29.4 Å². The van der Waals surface area contributed by atoms with Gasteiger partial charge in [0.2, 0.25) is 0 Å². The number of urea groups is 1. The highest BCUT2D eigenvalue weighted by atomic mass is 19.1. The summed E-state index contributed by atoms with van der Waals surface area (Å²) >= 11 is 0. The molecule has 2 aromatic carbocycles. The number of anilines is 2. The fraction of sp³-hybridized carbons (Fsp3) is 0.269. The first-order chi connectivity index (χ1) is 16.8. The number of aromatic nitrogens is 3.